The molecule has 0 amide bonds. The normalized spacial score (nSPS) is 12.1. The molecule has 3 nitrogen and oxygen atoms in total. The second-order valence-electron chi connectivity index (χ2n) is 4.29. The van der Waals surface area contributed by atoms with Gasteiger partial charge in [0.15, 0.2) is 0 Å². The first-order chi connectivity index (χ1) is 9.65. The van der Waals surface area contributed by atoms with Gasteiger partial charge in [-0.3, -0.25) is 9.78 Å². The number of nitrogens with zero attached hydrogens (tertiary/aromatic N) is 1. The lowest BCUT2D eigenvalue weighted by atomic mass is 10.1. The number of rotatable bonds is 6. The Kier molecular flexibility index (Phi) is 5.44. The molecule has 0 aliphatic carbocycles. The molecule has 0 aliphatic rings. The van der Waals surface area contributed by atoms with E-state index in [0.717, 1.165) is 11.3 Å². The van der Waals surface area contributed by atoms with E-state index in [1.54, 1.807) is 18.3 Å². The molecule has 1 atom stereocenters. The summed E-state index contributed by atoms with van der Waals surface area (Å²) >= 11 is 7.25. The Hall–Kier alpha value is -1.52. The number of hydrogen-bond acceptors (Lipinski definition) is 3. The number of carboxylic acid groups (broad SMARTS) is 1. The lowest BCUT2D eigenvalue weighted by Gasteiger charge is -2.12. The number of pyridine rings is 1. The number of aliphatic carboxylic acids is 1. The Morgan fingerprint density at radius 1 is 1.30 bits per heavy atom. The molecule has 2 aromatic rings. The van der Waals surface area contributed by atoms with E-state index in [1.165, 1.54) is 11.8 Å². The van der Waals surface area contributed by atoms with Gasteiger partial charge in [0, 0.05) is 17.0 Å². The van der Waals surface area contributed by atoms with Gasteiger partial charge in [-0.2, -0.15) is 0 Å². The average molecular weight is 308 g/mol. The number of hydrogen-bond donors (Lipinski definition) is 1. The van der Waals surface area contributed by atoms with Gasteiger partial charge in [-0.1, -0.05) is 41.9 Å². The first-order valence-electron chi connectivity index (χ1n) is 6.14. The standard InChI is InChI=1S/C15H14ClNO2S/c16-12-6-7-17-13(9-12)10-20-14(15(18)19)8-11-4-2-1-3-5-11/h1-7,9,14H,8,10H2,(H,18,19). The minimum absolute atomic E-state index is 0.488. The highest BCUT2D eigenvalue weighted by atomic mass is 35.5. The second kappa shape index (κ2) is 7.31. The quantitative estimate of drug-likeness (QED) is 0.884. The van der Waals surface area contributed by atoms with E-state index < -0.39 is 11.2 Å². The van der Waals surface area contributed by atoms with Gasteiger partial charge >= 0.3 is 5.97 Å². The summed E-state index contributed by atoms with van der Waals surface area (Å²) in [5.41, 5.74) is 1.81. The summed E-state index contributed by atoms with van der Waals surface area (Å²) in [6, 6.07) is 13.1. The van der Waals surface area contributed by atoms with Crippen LogP contribution in [0.25, 0.3) is 0 Å². The van der Waals surface area contributed by atoms with Gasteiger partial charge < -0.3 is 5.11 Å². The summed E-state index contributed by atoms with van der Waals surface area (Å²) in [6.45, 7) is 0. The van der Waals surface area contributed by atoms with Crippen LogP contribution in [0, 0.1) is 0 Å². The Bertz CT molecular complexity index is 577. The molecular weight excluding hydrogens is 294 g/mol. The van der Waals surface area contributed by atoms with Crippen LogP contribution in [-0.2, 0) is 17.0 Å². The Labute approximate surface area is 127 Å². The van der Waals surface area contributed by atoms with Crippen molar-refractivity contribution in [2.24, 2.45) is 0 Å². The molecule has 1 aromatic carbocycles. The van der Waals surface area contributed by atoms with Crippen molar-refractivity contribution in [2.75, 3.05) is 0 Å². The first-order valence-corrected chi connectivity index (χ1v) is 7.56. The highest BCUT2D eigenvalue weighted by Crippen LogP contribution is 2.22. The average Bonchev–Trinajstić information content (AvgIpc) is 2.44. The summed E-state index contributed by atoms with van der Waals surface area (Å²) in [5, 5.41) is 9.43. The van der Waals surface area contributed by atoms with Crippen LogP contribution in [-0.4, -0.2) is 21.3 Å². The van der Waals surface area contributed by atoms with E-state index in [9.17, 15) is 9.90 Å². The van der Waals surface area contributed by atoms with Gasteiger partial charge in [-0.25, -0.2) is 0 Å². The molecule has 1 heterocycles. The number of halogens is 1. The maximum absolute atomic E-state index is 11.3. The minimum atomic E-state index is -0.805. The smallest absolute Gasteiger partial charge is 0.316 e. The topological polar surface area (TPSA) is 50.2 Å². The zero-order valence-electron chi connectivity index (χ0n) is 10.7. The highest BCUT2D eigenvalue weighted by molar-refractivity contribution is 7.99. The predicted octanol–water partition coefficient (Wildman–Crippen LogP) is 3.66. The van der Waals surface area contributed by atoms with E-state index in [-0.39, 0.29) is 0 Å². The summed E-state index contributed by atoms with van der Waals surface area (Å²) in [5.74, 6) is -0.273. The molecular formula is C15H14ClNO2S. The number of benzene rings is 1. The van der Waals surface area contributed by atoms with Crippen molar-refractivity contribution >= 4 is 29.3 Å². The van der Waals surface area contributed by atoms with Crippen molar-refractivity contribution in [3.63, 3.8) is 0 Å². The van der Waals surface area contributed by atoms with Gasteiger partial charge in [0.05, 0.1) is 5.69 Å². The molecule has 1 aromatic heterocycles. The van der Waals surface area contributed by atoms with Gasteiger partial charge in [0.25, 0.3) is 0 Å². The maximum atomic E-state index is 11.3. The molecule has 0 fully saturated rings. The van der Waals surface area contributed by atoms with E-state index in [0.29, 0.717) is 17.2 Å². The highest BCUT2D eigenvalue weighted by Gasteiger charge is 2.18. The number of aromatic nitrogens is 1. The van der Waals surface area contributed by atoms with Crippen molar-refractivity contribution < 1.29 is 9.90 Å². The van der Waals surface area contributed by atoms with Crippen LogP contribution in [0.1, 0.15) is 11.3 Å². The van der Waals surface area contributed by atoms with Crippen molar-refractivity contribution in [1.29, 1.82) is 0 Å². The summed E-state index contributed by atoms with van der Waals surface area (Å²) in [7, 11) is 0. The summed E-state index contributed by atoms with van der Waals surface area (Å²) in [4.78, 5) is 15.5. The molecule has 0 radical (unpaired) electrons. The molecule has 20 heavy (non-hydrogen) atoms. The number of carboxylic acids is 1. The monoisotopic (exact) mass is 307 g/mol. The van der Waals surface area contributed by atoms with Crippen molar-refractivity contribution in [3.8, 4) is 0 Å². The lowest BCUT2D eigenvalue weighted by molar-refractivity contribution is -0.136. The summed E-state index contributed by atoms with van der Waals surface area (Å²) in [6.07, 6.45) is 2.13. The van der Waals surface area contributed by atoms with Crippen LogP contribution < -0.4 is 0 Å². The predicted molar refractivity (Wildman–Crippen MR) is 82.1 cm³/mol. The number of carbonyl (C=O) groups is 1. The molecule has 1 N–H and O–H groups in total. The SMILES string of the molecule is O=C(O)C(Cc1ccccc1)SCc1cc(Cl)ccn1. The lowest BCUT2D eigenvalue weighted by Crippen LogP contribution is -2.19. The molecule has 0 saturated carbocycles. The van der Waals surface area contributed by atoms with Gasteiger partial charge in [0.2, 0.25) is 0 Å². The molecule has 2 rings (SSSR count). The van der Waals surface area contributed by atoms with Gasteiger partial charge in [0.1, 0.15) is 5.25 Å². The molecule has 0 spiro atoms. The summed E-state index contributed by atoms with van der Waals surface area (Å²) < 4.78 is 0. The van der Waals surface area contributed by atoms with Crippen LogP contribution in [0.3, 0.4) is 0 Å². The molecule has 5 heteroatoms. The molecule has 104 valence electrons. The van der Waals surface area contributed by atoms with Crippen molar-refractivity contribution in [1.82, 2.24) is 4.98 Å². The van der Waals surface area contributed by atoms with Gasteiger partial charge in [-0.05, 0) is 24.1 Å². The first kappa shape index (κ1) is 14.9. The third-order valence-corrected chi connectivity index (χ3v) is 4.22. The van der Waals surface area contributed by atoms with Crippen LogP contribution in [0.2, 0.25) is 5.02 Å². The van der Waals surface area contributed by atoms with Crippen molar-refractivity contribution in [2.45, 2.75) is 17.4 Å². The van der Waals surface area contributed by atoms with Gasteiger partial charge in [-0.15, -0.1) is 11.8 Å². The third kappa shape index (κ3) is 4.54. The van der Waals surface area contributed by atoms with E-state index in [1.807, 2.05) is 30.3 Å². The van der Waals surface area contributed by atoms with E-state index in [4.69, 9.17) is 11.6 Å². The molecule has 0 aliphatic heterocycles. The zero-order valence-corrected chi connectivity index (χ0v) is 12.3. The zero-order chi connectivity index (χ0) is 14.4. The van der Waals surface area contributed by atoms with Crippen LogP contribution in [0.5, 0.6) is 0 Å². The Balaban J connectivity index is 1.98. The largest absolute Gasteiger partial charge is 0.480 e. The minimum Gasteiger partial charge on any atom is -0.480 e. The van der Waals surface area contributed by atoms with Crippen LogP contribution in [0.15, 0.2) is 48.7 Å². The van der Waals surface area contributed by atoms with E-state index in [2.05, 4.69) is 4.98 Å². The van der Waals surface area contributed by atoms with Crippen LogP contribution in [0.4, 0.5) is 0 Å². The van der Waals surface area contributed by atoms with E-state index >= 15 is 0 Å². The van der Waals surface area contributed by atoms with Crippen LogP contribution >= 0.6 is 23.4 Å². The fourth-order valence-corrected chi connectivity index (χ4v) is 2.92. The second-order valence-corrected chi connectivity index (χ2v) is 5.92. The Morgan fingerprint density at radius 3 is 2.70 bits per heavy atom. The molecule has 0 saturated heterocycles. The third-order valence-electron chi connectivity index (χ3n) is 2.75. The fraction of sp³-hybridized carbons (Fsp3) is 0.200. The number of thioether (sulfide) groups is 1. The maximum Gasteiger partial charge on any atom is 0.316 e. The fourth-order valence-electron chi connectivity index (χ4n) is 1.76. The molecule has 0 bridgehead atoms. The Morgan fingerprint density at radius 2 is 2.05 bits per heavy atom. The molecule has 1 unspecified atom stereocenters. The van der Waals surface area contributed by atoms with Crippen molar-refractivity contribution in [3.05, 3.63) is 64.9 Å².